The van der Waals surface area contributed by atoms with Gasteiger partial charge in [0.1, 0.15) is 23.5 Å². The molecule has 0 aliphatic carbocycles. The molecule has 0 bridgehead atoms. The molecule has 0 saturated carbocycles. The molecule has 1 amide bonds. The Labute approximate surface area is 247 Å². The van der Waals surface area contributed by atoms with Gasteiger partial charge in [-0.3, -0.25) is 19.0 Å². The van der Waals surface area contributed by atoms with E-state index in [0.29, 0.717) is 55.4 Å². The number of ether oxygens (including phenoxy) is 1. The minimum atomic E-state index is -0.718. The number of benzene rings is 1. The number of fused-ring (bicyclic) bond motifs is 4. The van der Waals surface area contributed by atoms with Crippen LogP contribution in [0.15, 0.2) is 48.8 Å². The van der Waals surface area contributed by atoms with E-state index in [-0.39, 0.29) is 17.3 Å². The lowest BCUT2D eigenvalue weighted by atomic mass is 9.83. The van der Waals surface area contributed by atoms with Crippen molar-refractivity contribution in [2.75, 3.05) is 44.7 Å². The van der Waals surface area contributed by atoms with E-state index in [2.05, 4.69) is 31.5 Å². The molecule has 2 N–H and O–H groups in total. The lowest BCUT2D eigenvalue weighted by Gasteiger charge is -2.42. The quantitative estimate of drug-likeness (QED) is 0.347. The average Bonchev–Trinajstić information content (AvgIpc) is 3.78. The monoisotopic (exact) mass is 585 g/mol. The fourth-order valence-electron chi connectivity index (χ4n) is 7.44. The highest BCUT2D eigenvalue weighted by Gasteiger charge is 2.46. The van der Waals surface area contributed by atoms with Crippen LogP contribution in [-0.2, 0) is 23.4 Å². The van der Waals surface area contributed by atoms with Gasteiger partial charge in [-0.25, -0.2) is 18.7 Å². The largest absolute Gasteiger partial charge is 0.381 e. The van der Waals surface area contributed by atoms with E-state index >= 15 is 0 Å². The second-order valence-corrected chi connectivity index (χ2v) is 12.0. The number of alkyl halides is 1. The number of rotatable bonds is 6. The summed E-state index contributed by atoms with van der Waals surface area (Å²) < 4.78 is 35.1. The molecule has 1 spiro atoms. The first-order valence-electron chi connectivity index (χ1n) is 15.0. The molecule has 4 aromatic rings. The van der Waals surface area contributed by atoms with Crippen LogP contribution < -0.4 is 10.6 Å². The van der Waals surface area contributed by atoms with Crippen molar-refractivity contribution in [1.82, 2.24) is 29.5 Å². The second kappa shape index (κ2) is 10.4. The highest BCUT2D eigenvalue weighted by atomic mass is 19.1. The van der Waals surface area contributed by atoms with Gasteiger partial charge in [0.15, 0.2) is 0 Å². The zero-order chi connectivity index (χ0) is 29.1. The molecule has 2 fully saturated rings. The van der Waals surface area contributed by atoms with Crippen LogP contribution in [0.2, 0.25) is 0 Å². The molecular weight excluding hydrogens is 552 g/mol. The molecule has 11 heteroatoms. The number of likely N-dealkylation sites (tertiary alicyclic amines) is 1. The normalized spacial score (nSPS) is 21.4. The molecule has 4 aliphatic rings. The number of nitrogens with one attached hydrogen (secondary N) is 2. The molecule has 9 nitrogen and oxygen atoms in total. The molecule has 3 aromatic heterocycles. The molecule has 43 heavy (non-hydrogen) atoms. The predicted octanol–water partition coefficient (Wildman–Crippen LogP) is 4.39. The molecule has 222 valence electrons. The maximum atomic E-state index is 13.8. The van der Waals surface area contributed by atoms with Crippen molar-refractivity contribution in [2.45, 2.75) is 44.1 Å². The molecule has 0 radical (unpaired) electrons. The third-order valence-electron chi connectivity index (χ3n) is 9.62. The summed E-state index contributed by atoms with van der Waals surface area (Å²) in [6.07, 6.45) is 5.08. The molecule has 8 rings (SSSR count). The van der Waals surface area contributed by atoms with E-state index in [1.54, 1.807) is 12.4 Å². The van der Waals surface area contributed by atoms with Gasteiger partial charge in [-0.15, -0.1) is 0 Å². The van der Waals surface area contributed by atoms with Crippen molar-refractivity contribution in [3.05, 3.63) is 77.0 Å². The van der Waals surface area contributed by atoms with Crippen LogP contribution in [0, 0.1) is 5.82 Å². The second-order valence-electron chi connectivity index (χ2n) is 12.0. The van der Waals surface area contributed by atoms with Crippen LogP contribution in [0.25, 0.3) is 16.9 Å². The Hall–Kier alpha value is -3.93. The van der Waals surface area contributed by atoms with Crippen molar-refractivity contribution < 1.29 is 18.3 Å². The van der Waals surface area contributed by atoms with Crippen LogP contribution in [0.3, 0.4) is 0 Å². The number of carbonyl (C=O) groups is 1. The Morgan fingerprint density at radius 3 is 2.86 bits per heavy atom. The number of carbonyl (C=O) groups excluding carboxylic acids is 1. The van der Waals surface area contributed by atoms with Crippen molar-refractivity contribution in [1.29, 1.82) is 0 Å². The molecule has 4 aliphatic heterocycles. The van der Waals surface area contributed by atoms with Gasteiger partial charge in [0.05, 0.1) is 34.4 Å². The van der Waals surface area contributed by atoms with Crippen LogP contribution in [-0.4, -0.2) is 75.6 Å². The highest BCUT2D eigenvalue weighted by molar-refractivity contribution is 6.06. The maximum absolute atomic E-state index is 13.8. The Morgan fingerprint density at radius 2 is 2.02 bits per heavy atom. The smallest absolute Gasteiger partial charge is 0.254 e. The summed E-state index contributed by atoms with van der Waals surface area (Å²) in [7, 11) is 0. The van der Waals surface area contributed by atoms with E-state index in [4.69, 9.17) is 9.72 Å². The van der Waals surface area contributed by atoms with Crippen molar-refractivity contribution in [3.63, 3.8) is 0 Å². The van der Waals surface area contributed by atoms with E-state index in [1.807, 2.05) is 22.6 Å². The number of aromatic nitrogens is 3. The number of halogens is 2. The molecular formula is C32H33F2N7O2. The Kier molecular flexibility index (Phi) is 6.43. The summed E-state index contributed by atoms with van der Waals surface area (Å²) in [5, 5.41) is 6.39. The van der Waals surface area contributed by atoms with Crippen LogP contribution in [0.1, 0.15) is 46.4 Å². The first kappa shape index (κ1) is 26.7. The number of hydrogen-bond donors (Lipinski definition) is 2. The SMILES string of the molecule is O=C1NCc2c(-c3cnc4cc(F)ccn34)ccc(Nc3ccc4c(n3)CN(CCN3CC[C@H](F)C3)C43CCOCC3)c21. The molecule has 1 aromatic carbocycles. The van der Waals surface area contributed by atoms with Gasteiger partial charge in [-0.1, -0.05) is 12.1 Å². The van der Waals surface area contributed by atoms with Gasteiger partial charge >= 0.3 is 0 Å². The van der Waals surface area contributed by atoms with Crippen molar-refractivity contribution >= 4 is 23.1 Å². The number of amides is 1. The summed E-state index contributed by atoms with van der Waals surface area (Å²) in [5.41, 5.74) is 6.47. The summed E-state index contributed by atoms with van der Waals surface area (Å²) in [5.74, 6) is 0.188. The lowest BCUT2D eigenvalue weighted by molar-refractivity contribution is -0.0274. The highest BCUT2D eigenvalue weighted by Crippen LogP contribution is 2.46. The summed E-state index contributed by atoms with van der Waals surface area (Å²) >= 11 is 0. The van der Waals surface area contributed by atoms with Crippen LogP contribution in [0.5, 0.6) is 0 Å². The fraction of sp³-hybridized carbons (Fsp3) is 0.406. The van der Waals surface area contributed by atoms with Crippen molar-refractivity contribution in [2.24, 2.45) is 0 Å². The third-order valence-corrected chi connectivity index (χ3v) is 9.62. The van der Waals surface area contributed by atoms with Crippen molar-refractivity contribution in [3.8, 4) is 11.3 Å². The topological polar surface area (TPSA) is 87.0 Å². The van der Waals surface area contributed by atoms with Crippen LogP contribution in [0.4, 0.5) is 20.3 Å². The van der Waals surface area contributed by atoms with E-state index < -0.39 is 6.17 Å². The molecule has 1 atom stereocenters. The van der Waals surface area contributed by atoms with Gasteiger partial charge in [0.2, 0.25) is 0 Å². The zero-order valence-corrected chi connectivity index (χ0v) is 23.8. The van der Waals surface area contributed by atoms with Gasteiger partial charge in [0.25, 0.3) is 5.91 Å². The van der Waals surface area contributed by atoms with Gasteiger partial charge in [0, 0.05) is 70.3 Å². The molecule has 2 saturated heterocycles. The zero-order valence-electron chi connectivity index (χ0n) is 23.8. The fourth-order valence-corrected chi connectivity index (χ4v) is 7.44. The maximum Gasteiger partial charge on any atom is 0.254 e. The standard InChI is InChI=1S/C32H33F2N7O2/c33-20-6-10-41-27(17-35-29(41)15-20)22-1-3-25(30-23(22)16-36-31(30)42)37-28-4-2-24-26(38-28)19-40(32(24)7-13-43-14-8-32)12-11-39-9-5-21(34)18-39/h1-4,6,10,15,17,21H,5,7-9,11-14,16,18-19H2,(H,36,42)(H,37,38)/t21-/m0/s1. The van der Waals surface area contributed by atoms with Crippen LogP contribution >= 0.6 is 0 Å². The van der Waals surface area contributed by atoms with Gasteiger partial charge in [-0.2, -0.15) is 0 Å². The summed E-state index contributed by atoms with van der Waals surface area (Å²) in [6, 6.07) is 10.8. The summed E-state index contributed by atoms with van der Waals surface area (Å²) in [6.45, 7) is 5.58. The minimum Gasteiger partial charge on any atom is -0.381 e. The average molecular weight is 586 g/mol. The Morgan fingerprint density at radius 1 is 1.14 bits per heavy atom. The number of anilines is 2. The lowest BCUT2D eigenvalue weighted by Crippen LogP contribution is -2.47. The Bertz CT molecular complexity index is 1730. The number of hydrogen-bond acceptors (Lipinski definition) is 7. The van der Waals surface area contributed by atoms with E-state index in [9.17, 15) is 13.6 Å². The minimum absolute atomic E-state index is 0.117. The molecule has 0 unspecified atom stereocenters. The number of nitrogens with zero attached hydrogens (tertiary/aromatic N) is 5. The van der Waals surface area contributed by atoms with Gasteiger partial charge < -0.3 is 15.4 Å². The summed E-state index contributed by atoms with van der Waals surface area (Å²) in [4.78, 5) is 27.2. The number of imidazole rings is 1. The first-order chi connectivity index (χ1) is 21.0. The number of pyridine rings is 2. The predicted molar refractivity (Wildman–Crippen MR) is 157 cm³/mol. The van der Waals surface area contributed by atoms with Gasteiger partial charge in [-0.05, 0) is 48.6 Å². The van der Waals surface area contributed by atoms with E-state index in [1.165, 1.54) is 17.7 Å². The van der Waals surface area contributed by atoms with E-state index in [0.717, 1.165) is 61.5 Å². The molecule has 7 heterocycles. The first-order valence-corrected chi connectivity index (χ1v) is 15.0. The third kappa shape index (κ3) is 4.49. The Balaban J connectivity index is 1.09.